The summed E-state index contributed by atoms with van der Waals surface area (Å²) in [5.74, 6) is 0.743. The molecule has 3 aromatic rings. The van der Waals surface area contributed by atoms with E-state index in [0.29, 0.717) is 11.7 Å². The normalized spacial score (nSPS) is 11.3. The van der Waals surface area contributed by atoms with Gasteiger partial charge >= 0.3 is 0 Å². The van der Waals surface area contributed by atoms with Crippen LogP contribution in [0.3, 0.4) is 0 Å². The minimum Gasteiger partial charge on any atom is -0.443 e. The number of halogens is 1. The summed E-state index contributed by atoms with van der Waals surface area (Å²) in [6.07, 6.45) is 1.42. The predicted molar refractivity (Wildman–Crippen MR) is 69.1 cm³/mol. The van der Waals surface area contributed by atoms with Gasteiger partial charge in [-0.3, -0.25) is 0 Å². The molecule has 0 aliphatic carbocycles. The highest BCUT2D eigenvalue weighted by Gasteiger charge is 2.14. The fraction of sp³-hybridized carbons (Fsp3) is 0.167. The molecule has 2 N–H and O–H groups in total. The highest BCUT2D eigenvalue weighted by atomic mass is 35.5. The third-order valence-electron chi connectivity index (χ3n) is 2.93. The smallest absolute Gasteiger partial charge is 0.181 e. The molecular weight excluding hydrogens is 252 g/mol. The van der Waals surface area contributed by atoms with Gasteiger partial charge in [0.1, 0.15) is 11.3 Å². The molecule has 0 amide bonds. The first-order valence-electron chi connectivity index (χ1n) is 5.45. The third-order valence-corrected chi connectivity index (χ3v) is 3.20. The molecule has 1 aromatic carbocycles. The quantitative estimate of drug-likeness (QED) is 0.770. The van der Waals surface area contributed by atoms with Gasteiger partial charge in [0.25, 0.3) is 0 Å². The molecular formula is C12H11ClN4O. The topological polar surface area (TPSA) is 69.9 Å². The maximum Gasteiger partial charge on any atom is 0.181 e. The van der Waals surface area contributed by atoms with Crippen molar-refractivity contribution >= 4 is 22.7 Å². The fourth-order valence-electron chi connectivity index (χ4n) is 2.01. The van der Waals surface area contributed by atoms with Crippen molar-refractivity contribution in [3.05, 3.63) is 35.6 Å². The Morgan fingerprint density at radius 1 is 1.44 bits per heavy atom. The zero-order valence-electron chi connectivity index (χ0n) is 9.72. The second-order valence-corrected chi connectivity index (χ2v) is 4.32. The van der Waals surface area contributed by atoms with Crippen LogP contribution in [0.5, 0.6) is 0 Å². The molecule has 0 bridgehead atoms. The van der Waals surface area contributed by atoms with E-state index in [9.17, 15) is 0 Å². The number of hydrogen-bond acceptors (Lipinski definition) is 4. The van der Waals surface area contributed by atoms with E-state index in [4.69, 9.17) is 21.8 Å². The second-order valence-electron chi connectivity index (χ2n) is 3.97. The van der Waals surface area contributed by atoms with Gasteiger partial charge in [-0.2, -0.15) is 0 Å². The average molecular weight is 263 g/mol. The Bertz CT molecular complexity index is 716. The summed E-state index contributed by atoms with van der Waals surface area (Å²) in [5.41, 5.74) is 8.91. The van der Waals surface area contributed by atoms with Gasteiger partial charge in [-0.15, -0.1) is 0 Å². The van der Waals surface area contributed by atoms with Crippen LogP contribution >= 0.6 is 11.6 Å². The van der Waals surface area contributed by atoms with Gasteiger partial charge < -0.3 is 14.7 Å². The van der Waals surface area contributed by atoms with Gasteiger partial charge in [-0.05, 0) is 12.1 Å². The summed E-state index contributed by atoms with van der Waals surface area (Å²) >= 11 is 6.15. The van der Waals surface area contributed by atoms with Crippen LogP contribution in [-0.2, 0) is 13.6 Å². The molecule has 92 valence electrons. The molecule has 18 heavy (non-hydrogen) atoms. The van der Waals surface area contributed by atoms with Crippen molar-refractivity contribution in [1.82, 2.24) is 14.5 Å². The van der Waals surface area contributed by atoms with Crippen LogP contribution in [0.15, 0.2) is 29.0 Å². The molecule has 2 aromatic heterocycles. The number of aromatic nitrogens is 3. The molecule has 0 aliphatic rings. The largest absolute Gasteiger partial charge is 0.443 e. The lowest BCUT2D eigenvalue weighted by atomic mass is 10.1. The van der Waals surface area contributed by atoms with Crippen molar-refractivity contribution in [2.75, 3.05) is 0 Å². The van der Waals surface area contributed by atoms with Crippen LogP contribution in [0.25, 0.3) is 22.4 Å². The highest BCUT2D eigenvalue weighted by molar-refractivity contribution is 6.32. The number of hydrogen-bond donors (Lipinski definition) is 1. The predicted octanol–water partition coefficient (Wildman–Crippen LogP) is 2.34. The Kier molecular flexibility index (Phi) is 2.57. The van der Waals surface area contributed by atoms with Gasteiger partial charge in [0.2, 0.25) is 0 Å². The van der Waals surface area contributed by atoms with Gasteiger partial charge in [-0.1, -0.05) is 17.7 Å². The van der Waals surface area contributed by atoms with E-state index in [1.54, 1.807) is 0 Å². The number of oxazole rings is 1. The number of rotatable bonds is 2. The van der Waals surface area contributed by atoms with Gasteiger partial charge in [0, 0.05) is 12.6 Å². The van der Waals surface area contributed by atoms with Crippen molar-refractivity contribution < 1.29 is 4.42 Å². The molecule has 0 unspecified atom stereocenters. The van der Waals surface area contributed by atoms with Crippen LogP contribution in [0.1, 0.15) is 5.82 Å². The van der Waals surface area contributed by atoms with Crippen LogP contribution in [0.4, 0.5) is 0 Å². The lowest BCUT2D eigenvalue weighted by molar-refractivity contribution is 0.602. The number of nitrogens with two attached hydrogens (primary N) is 1. The number of nitrogens with zero attached hydrogens (tertiary/aromatic N) is 3. The van der Waals surface area contributed by atoms with Crippen molar-refractivity contribution in [2.45, 2.75) is 6.54 Å². The molecule has 0 radical (unpaired) electrons. The molecule has 6 heteroatoms. The van der Waals surface area contributed by atoms with Crippen molar-refractivity contribution in [2.24, 2.45) is 12.8 Å². The minimum atomic E-state index is 0.348. The number of fused-ring (bicyclic) bond motifs is 1. The first-order chi connectivity index (χ1) is 8.70. The van der Waals surface area contributed by atoms with E-state index >= 15 is 0 Å². The SMILES string of the molecule is Cn1c(CN)nc(Cl)c1-c1ccc2ncoc2c1. The van der Waals surface area contributed by atoms with E-state index < -0.39 is 0 Å². The molecule has 5 nitrogen and oxygen atoms in total. The summed E-state index contributed by atoms with van der Waals surface area (Å²) < 4.78 is 7.17. The van der Waals surface area contributed by atoms with Crippen LogP contribution in [0.2, 0.25) is 5.15 Å². The van der Waals surface area contributed by atoms with E-state index in [1.165, 1.54) is 6.39 Å². The maximum absolute atomic E-state index is 6.15. The standard InChI is InChI=1S/C12H11ClN4O/c1-17-10(5-14)16-12(13)11(17)7-2-3-8-9(4-7)18-6-15-8/h2-4,6H,5,14H2,1H3. The minimum absolute atomic E-state index is 0.348. The zero-order valence-corrected chi connectivity index (χ0v) is 10.5. The Labute approximate surface area is 108 Å². The van der Waals surface area contributed by atoms with Crippen LogP contribution in [0, 0.1) is 0 Å². The Balaban J connectivity index is 2.21. The summed E-state index contributed by atoms with van der Waals surface area (Å²) in [6.45, 7) is 0.348. The Morgan fingerprint density at radius 3 is 3.00 bits per heavy atom. The molecule has 0 spiro atoms. The van der Waals surface area contributed by atoms with E-state index in [2.05, 4.69) is 9.97 Å². The Hall–Kier alpha value is -1.85. The van der Waals surface area contributed by atoms with Crippen LogP contribution in [-0.4, -0.2) is 14.5 Å². The molecule has 0 fully saturated rings. The lowest BCUT2D eigenvalue weighted by Crippen LogP contribution is -2.05. The van der Waals surface area contributed by atoms with Crippen molar-refractivity contribution in [3.63, 3.8) is 0 Å². The van der Waals surface area contributed by atoms with Crippen LogP contribution < -0.4 is 5.73 Å². The fourth-order valence-corrected chi connectivity index (χ4v) is 2.34. The van der Waals surface area contributed by atoms with E-state index in [-0.39, 0.29) is 0 Å². The average Bonchev–Trinajstić information content (AvgIpc) is 2.93. The molecule has 0 aliphatic heterocycles. The first kappa shape index (κ1) is 11.3. The summed E-state index contributed by atoms with van der Waals surface area (Å²) in [6, 6.07) is 5.72. The summed E-state index contributed by atoms with van der Waals surface area (Å²) in [4.78, 5) is 8.31. The zero-order chi connectivity index (χ0) is 12.7. The third kappa shape index (κ3) is 1.60. The number of imidazole rings is 1. The Morgan fingerprint density at radius 2 is 2.28 bits per heavy atom. The van der Waals surface area contributed by atoms with Gasteiger partial charge in [-0.25, -0.2) is 9.97 Å². The monoisotopic (exact) mass is 262 g/mol. The van der Waals surface area contributed by atoms with Gasteiger partial charge in [0.15, 0.2) is 17.1 Å². The molecule has 0 atom stereocenters. The highest BCUT2D eigenvalue weighted by Crippen LogP contribution is 2.30. The molecule has 3 rings (SSSR count). The van der Waals surface area contributed by atoms with Crippen molar-refractivity contribution in [3.8, 4) is 11.3 Å². The molecule has 0 saturated carbocycles. The second kappa shape index (κ2) is 4.12. The first-order valence-corrected chi connectivity index (χ1v) is 5.83. The van der Waals surface area contributed by atoms with E-state index in [0.717, 1.165) is 28.2 Å². The summed E-state index contributed by atoms with van der Waals surface area (Å²) in [5, 5.41) is 0.441. The van der Waals surface area contributed by atoms with Gasteiger partial charge in [0.05, 0.1) is 12.2 Å². The molecule has 0 saturated heterocycles. The summed E-state index contributed by atoms with van der Waals surface area (Å²) in [7, 11) is 1.89. The molecule has 2 heterocycles. The maximum atomic E-state index is 6.15. The number of benzene rings is 1. The van der Waals surface area contributed by atoms with E-state index in [1.807, 2.05) is 29.8 Å². The lowest BCUT2D eigenvalue weighted by Gasteiger charge is -2.04. The van der Waals surface area contributed by atoms with Crippen molar-refractivity contribution in [1.29, 1.82) is 0 Å².